The van der Waals surface area contributed by atoms with E-state index in [2.05, 4.69) is 20.6 Å². The molecule has 0 saturated carbocycles. The van der Waals surface area contributed by atoms with Crippen molar-refractivity contribution in [3.63, 3.8) is 0 Å². The van der Waals surface area contributed by atoms with Crippen molar-refractivity contribution in [2.24, 2.45) is 7.05 Å². The lowest BCUT2D eigenvalue weighted by Crippen LogP contribution is -2.16. The Labute approximate surface area is 98.0 Å². The van der Waals surface area contributed by atoms with Gasteiger partial charge in [-0.25, -0.2) is 0 Å². The van der Waals surface area contributed by atoms with Crippen molar-refractivity contribution in [1.29, 1.82) is 0 Å². The molecule has 0 fully saturated rings. The number of carbonyl (C=O) groups is 1. The van der Waals surface area contributed by atoms with Crippen LogP contribution in [-0.2, 0) is 7.05 Å². The van der Waals surface area contributed by atoms with E-state index in [1.807, 2.05) is 0 Å². The lowest BCUT2D eigenvalue weighted by molar-refractivity contribution is 0.102. The minimum Gasteiger partial charge on any atom is -0.394 e. The standard InChI is InChI=1S/C10H14N6O/c1-5-7(4-12-14-5)10(17)13-9-8(11)6(2)15-16(9)3/h4H,11H2,1-3H3,(H,12,14)(H,13,17). The summed E-state index contributed by atoms with van der Waals surface area (Å²) in [7, 11) is 1.72. The maximum Gasteiger partial charge on any atom is 0.260 e. The number of H-pyrrole nitrogens is 1. The highest BCUT2D eigenvalue weighted by molar-refractivity contribution is 6.05. The van der Waals surface area contributed by atoms with Crippen LogP contribution in [0, 0.1) is 13.8 Å². The topological polar surface area (TPSA) is 102 Å². The number of amides is 1. The molecule has 17 heavy (non-hydrogen) atoms. The van der Waals surface area contributed by atoms with Gasteiger partial charge in [-0.2, -0.15) is 10.2 Å². The Hall–Kier alpha value is -2.31. The number of hydrogen-bond donors (Lipinski definition) is 3. The van der Waals surface area contributed by atoms with Crippen LogP contribution in [0.5, 0.6) is 0 Å². The second-order valence-corrected chi connectivity index (χ2v) is 3.83. The smallest absolute Gasteiger partial charge is 0.260 e. The minimum atomic E-state index is -0.258. The van der Waals surface area contributed by atoms with Gasteiger partial charge in [0.2, 0.25) is 0 Å². The molecule has 2 rings (SSSR count). The average molecular weight is 234 g/mol. The number of aryl methyl sites for hydroxylation is 3. The lowest BCUT2D eigenvalue weighted by Gasteiger charge is -2.05. The van der Waals surface area contributed by atoms with E-state index in [4.69, 9.17) is 5.73 Å². The Balaban J connectivity index is 2.28. The molecule has 2 aromatic rings. The van der Waals surface area contributed by atoms with E-state index in [1.54, 1.807) is 20.9 Å². The van der Waals surface area contributed by atoms with Crippen molar-refractivity contribution in [1.82, 2.24) is 20.0 Å². The molecule has 7 nitrogen and oxygen atoms in total. The first kappa shape index (κ1) is 11.2. The van der Waals surface area contributed by atoms with Gasteiger partial charge in [-0.3, -0.25) is 14.6 Å². The maximum absolute atomic E-state index is 11.9. The van der Waals surface area contributed by atoms with Crippen molar-refractivity contribution < 1.29 is 4.79 Å². The molecule has 0 aliphatic rings. The zero-order valence-corrected chi connectivity index (χ0v) is 9.90. The fourth-order valence-corrected chi connectivity index (χ4v) is 1.58. The molecule has 2 heterocycles. The fraction of sp³-hybridized carbons (Fsp3) is 0.300. The zero-order valence-electron chi connectivity index (χ0n) is 9.90. The van der Waals surface area contributed by atoms with Gasteiger partial charge in [0.05, 0.1) is 23.1 Å². The van der Waals surface area contributed by atoms with Crippen LogP contribution in [0.2, 0.25) is 0 Å². The van der Waals surface area contributed by atoms with Gasteiger partial charge in [-0.1, -0.05) is 0 Å². The molecular formula is C10H14N6O. The molecular weight excluding hydrogens is 220 g/mol. The number of nitrogens with zero attached hydrogens (tertiary/aromatic N) is 3. The number of nitrogens with two attached hydrogens (primary N) is 1. The molecule has 0 atom stereocenters. The molecule has 0 aromatic carbocycles. The number of aromatic amines is 1. The third kappa shape index (κ3) is 1.86. The predicted molar refractivity (Wildman–Crippen MR) is 63.6 cm³/mol. The molecule has 1 amide bonds. The van der Waals surface area contributed by atoms with Gasteiger partial charge in [-0.05, 0) is 13.8 Å². The molecule has 4 N–H and O–H groups in total. The molecule has 7 heteroatoms. The van der Waals surface area contributed by atoms with Crippen molar-refractivity contribution >= 4 is 17.4 Å². The summed E-state index contributed by atoms with van der Waals surface area (Å²) in [5.41, 5.74) is 8.18. The van der Waals surface area contributed by atoms with E-state index in [1.165, 1.54) is 10.9 Å². The van der Waals surface area contributed by atoms with Gasteiger partial charge in [-0.15, -0.1) is 0 Å². The number of anilines is 2. The molecule has 0 spiro atoms. The molecule has 0 unspecified atom stereocenters. The molecule has 0 radical (unpaired) electrons. The SMILES string of the molecule is Cc1nn(C)c(NC(=O)c2cn[nH]c2C)c1N. The first-order chi connectivity index (χ1) is 8.00. The summed E-state index contributed by atoms with van der Waals surface area (Å²) in [6, 6.07) is 0. The molecule has 0 saturated heterocycles. The van der Waals surface area contributed by atoms with Crippen molar-refractivity contribution in [3.8, 4) is 0 Å². The molecule has 90 valence electrons. The monoisotopic (exact) mass is 234 g/mol. The lowest BCUT2D eigenvalue weighted by atomic mass is 10.2. The third-order valence-corrected chi connectivity index (χ3v) is 2.57. The summed E-state index contributed by atoms with van der Waals surface area (Å²) in [6.45, 7) is 3.56. The largest absolute Gasteiger partial charge is 0.394 e. The van der Waals surface area contributed by atoms with Crippen LogP contribution in [0.25, 0.3) is 0 Å². The molecule has 0 aliphatic carbocycles. The first-order valence-corrected chi connectivity index (χ1v) is 5.11. The van der Waals surface area contributed by atoms with Gasteiger partial charge in [0, 0.05) is 12.7 Å². The number of hydrogen-bond acceptors (Lipinski definition) is 4. The second kappa shape index (κ2) is 3.93. The Kier molecular flexibility index (Phi) is 2.58. The Morgan fingerprint density at radius 1 is 1.53 bits per heavy atom. The van der Waals surface area contributed by atoms with Crippen LogP contribution < -0.4 is 11.1 Å². The van der Waals surface area contributed by atoms with Crippen LogP contribution in [0.15, 0.2) is 6.20 Å². The van der Waals surface area contributed by atoms with E-state index < -0.39 is 0 Å². The Morgan fingerprint density at radius 2 is 2.24 bits per heavy atom. The quantitative estimate of drug-likeness (QED) is 0.707. The van der Waals surface area contributed by atoms with E-state index in [0.29, 0.717) is 28.5 Å². The number of nitrogen functional groups attached to an aromatic ring is 1. The minimum absolute atomic E-state index is 0.258. The highest BCUT2D eigenvalue weighted by Gasteiger charge is 2.16. The highest BCUT2D eigenvalue weighted by Crippen LogP contribution is 2.21. The Bertz CT molecular complexity index is 567. The van der Waals surface area contributed by atoms with Crippen LogP contribution >= 0.6 is 0 Å². The number of aromatic nitrogens is 4. The summed E-state index contributed by atoms with van der Waals surface area (Å²) in [5, 5.41) is 13.3. The summed E-state index contributed by atoms with van der Waals surface area (Å²) in [5.74, 6) is 0.235. The first-order valence-electron chi connectivity index (χ1n) is 5.11. The van der Waals surface area contributed by atoms with Crippen LogP contribution in [0.4, 0.5) is 11.5 Å². The summed E-state index contributed by atoms with van der Waals surface area (Å²) in [6.07, 6.45) is 1.48. The molecule has 0 aliphatic heterocycles. The highest BCUT2D eigenvalue weighted by atomic mass is 16.1. The zero-order chi connectivity index (χ0) is 12.6. The average Bonchev–Trinajstić information content (AvgIpc) is 2.78. The number of nitrogens with one attached hydrogen (secondary N) is 2. The van der Waals surface area contributed by atoms with Gasteiger partial charge < -0.3 is 11.1 Å². The maximum atomic E-state index is 11.9. The van der Waals surface area contributed by atoms with Gasteiger partial charge in [0.15, 0.2) is 5.82 Å². The summed E-state index contributed by atoms with van der Waals surface area (Å²) < 4.78 is 1.54. The van der Waals surface area contributed by atoms with Crippen LogP contribution in [0.1, 0.15) is 21.7 Å². The van der Waals surface area contributed by atoms with Crippen molar-refractivity contribution in [2.75, 3.05) is 11.1 Å². The van der Waals surface area contributed by atoms with Gasteiger partial charge in [0.1, 0.15) is 0 Å². The van der Waals surface area contributed by atoms with Gasteiger partial charge >= 0.3 is 0 Å². The number of carbonyl (C=O) groups excluding carboxylic acids is 1. The summed E-state index contributed by atoms with van der Waals surface area (Å²) >= 11 is 0. The molecule has 2 aromatic heterocycles. The van der Waals surface area contributed by atoms with Crippen molar-refractivity contribution in [3.05, 3.63) is 23.1 Å². The van der Waals surface area contributed by atoms with Gasteiger partial charge in [0.25, 0.3) is 5.91 Å². The summed E-state index contributed by atoms with van der Waals surface area (Å²) in [4.78, 5) is 11.9. The Morgan fingerprint density at radius 3 is 2.71 bits per heavy atom. The fourth-order valence-electron chi connectivity index (χ4n) is 1.58. The van der Waals surface area contributed by atoms with Crippen molar-refractivity contribution in [2.45, 2.75) is 13.8 Å². The van der Waals surface area contributed by atoms with E-state index >= 15 is 0 Å². The normalized spacial score (nSPS) is 10.5. The molecule has 0 bridgehead atoms. The van der Waals surface area contributed by atoms with Crippen LogP contribution in [-0.4, -0.2) is 25.9 Å². The van der Waals surface area contributed by atoms with Crippen LogP contribution in [0.3, 0.4) is 0 Å². The van der Waals surface area contributed by atoms with E-state index in [-0.39, 0.29) is 5.91 Å². The predicted octanol–water partition coefficient (Wildman–Crippen LogP) is 0.595. The second-order valence-electron chi connectivity index (χ2n) is 3.83. The number of rotatable bonds is 2. The van der Waals surface area contributed by atoms with E-state index in [9.17, 15) is 4.79 Å². The van der Waals surface area contributed by atoms with E-state index in [0.717, 1.165) is 0 Å². The third-order valence-electron chi connectivity index (χ3n) is 2.57.